The summed E-state index contributed by atoms with van der Waals surface area (Å²) in [5.41, 5.74) is 0.0380. The molecule has 2 saturated heterocycles. The molecule has 49 heavy (non-hydrogen) atoms. The molecule has 0 atom stereocenters. The molecule has 2 aromatic rings. The molecule has 14 heteroatoms. The van der Waals surface area contributed by atoms with Crippen LogP contribution in [0.2, 0.25) is 5.02 Å². The van der Waals surface area contributed by atoms with Crippen molar-refractivity contribution in [2.45, 2.75) is 58.8 Å². The van der Waals surface area contributed by atoms with E-state index in [0.717, 1.165) is 32.7 Å². The summed E-state index contributed by atoms with van der Waals surface area (Å²) < 4.78 is 17.5. The summed E-state index contributed by atoms with van der Waals surface area (Å²) in [5, 5.41) is 22.3. The lowest BCUT2D eigenvalue weighted by Crippen LogP contribution is -2.74. The molecule has 2 N–H and O–H groups in total. The second-order valence-corrected chi connectivity index (χ2v) is 14.6. The smallest absolute Gasteiger partial charge is 0.254 e. The molecule has 0 radical (unpaired) electrons. The highest BCUT2D eigenvalue weighted by atomic mass is 35.5. The van der Waals surface area contributed by atoms with Crippen LogP contribution in [-0.2, 0) is 14.3 Å². The molecule has 5 rings (SSSR count). The third-order valence-corrected chi connectivity index (χ3v) is 10.3. The summed E-state index contributed by atoms with van der Waals surface area (Å²) in [5.74, 6) is 0.906. The minimum Gasteiger partial charge on any atom is -0.489 e. The van der Waals surface area contributed by atoms with Gasteiger partial charge in [0.05, 0.1) is 42.1 Å². The van der Waals surface area contributed by atoms with Gasteiger partial charge in [-0.25, -0.2) is 9.97 Å². The van der Waals surface area contributed by atoms with Gasteiger partial charge in [-0.1, -0.05) is 39.3 Å². The van der Waals surface area contributed by atoms with Gasteiger partial charge in [0.2, 0.25) is 11.9 Å². The Kier molecular flexibility index (Phi) is 12.0. The first-order chi connectivity index (χ1) is 23.4. The van der Waals surface area contributed by atoms with Gasteiger partial charge >= 0.3 is 0 Å². The average molecular weight is 698 g/mol. The number of nitrogens with zero attached hydrogens (tertiary/aromatic N) is 6. The summed E-state index contributed by atoms with van der Waals surface area (Å²) in [4.78, 5) is 40.7. The van der Waals surface area contributed by atoms with E-state index in [4.69, 9.17) is 31.1 Å². The van der Waals surface area contributed by atoms with Gasteiger partial charge in [-0.3, -0.25) is 14.5 Å². The molecule has 0 bridgehead atoms. The van der Waals surface area contributed by atoms with Crippen molar-refractivity contribution in [3.63, 3.8) is 0 Å². The first kappa shape index (κ1) is 36.7. The van der Waals surface area contributed by atoms with Crippen molar-refractivity contribution in [2.75, 3.05) is 77.1 Å². The Morgan fingerprint density at radius 2 is 1.65 bits per heavy atom. The zero-order chi connectivity index (χ0) is 35.2. The molecule has 3 heterocycles. The number of likely N-dealkylation sites (tertiary alicyclic amines) is 1. The number of piperazine rings is 1. The fourth-order valence-electron chi connectivity index (χ4n) is 7.36. The molecular formula is C35H48ClN7O6. The number of hydrogen-bond acceptors (Lipinski definition) is 11. The molecule has 0 spiro atoms. The van der Waals surface area contributed by atoms with E-state index in [0.29, 0.717) is 73.6 Å². The number of ether oxygens (including phenoxy) is 3. The molecule has 1 aromatic carbocycles. The van der Waals surface area contributed by atoms with Crippen molar-refractivity contribution < 1.29 is 28.9 Å². The summed E-state index contributed by atoms with van der Waals surface area (Å²) >= 11 is 6.21. The number of halogens is 1. The highest BCUT2D eigenvalue weighted by molar-refractivity contribution is 6.31. The number of anilines is 1. The molecule has 1 aliphatic carbocycles. The van der Waals surface area contributed by atoms with E-state index in [-0.39, 0.29) is 47.5 Å². The molecule has 266 valence electrons. The zero-order valence-corrected chi connectivity index (χ0v) is 29.6. The SMILES string of the molecule is CC1(C)C(NC(=O)c2cnc(N3CCN(CCOCCOCC(=O)N4CCC(O)CC4)CC3)nc2)C(C)(C)C1Oc1ccc(C#N)c(Cl)c1. The molecule has 2 amide bonds. The Labute approximate surface area is 293 Å². The average Bonchev–Trinajstić information content (AvgIpc) is 3.09. The standard InChI is InChI=1S/C35H48ClN7O6/c1-34(2)31(35(3,4)32(34)49-27-6-5-24(20-37)28(36)19-27)40-30(46)25-21-38-33(39-22-25)43-13-11-41(12-14-43)15-16-47-17-18-48-23-29(45)42-9-7-26(44)8-10-42/h5-6,19,21-22,26,31-32,44H,7-18,23H2,1-4H3,(H,40,46). The summed E-state index contributed by atoms with van der Waals surface area (Å²) in [7, 11) is 0. The number of aromatic nitrogens is 2. The topological polar surface area (TPSA) is 153 Å². The number of rotatable bonds is 13. The maximum atomic E-state index is 13.3. The van der Waals surface area contributed by atoms with Crippen molar-refractivity contribution in [1.29, 1.82) is 5.26 Å². The van der Waals surface area contributed by atoms with Crippen LogP contribution >= 0.6 is 11.6 Å². The number of nitrogens with one attached hydrogen (secondary N) is 1. The molecule has 3 aliphatic rings. The minimum atomic E-state index is -0.376. The van der Waals surface area contributed by atoms with Gasteiger partial charge in [-0.05, 0) is 25.0 Å². The number of piperidine rings is 1. The number of aliphatic hydroxyl groups excluding tert-OH is 1. The number of benzene rings is 1. The first-order valence-electron chi connectivity index (χ1n) is 17.0. The summed E-state index contributed by atoms with van der Waals surface area (Å²) in [6, 6.07) is 6.94. The maximum Gasteiger partial charge on any atom is 0.254 e. The van der Waals surface area contributed by atoms with Gasteiger partial charge in [0.15, 0.2) is 0 Å². The predicted octanol–water partition coefficient (Wildman–Crippen LogP) is 2.75. The fourth-order valence-corrected chi connectivity index (χ4v) is 7.58. The number of aliphatic hydroxyl groups is 1. The van der Waals surface area contributed by atoms with E-state index < -0.39 is 0 Å². The fraction of sp³-hybridized carbons (Fsp3) is 0.629. The first-order valence-corrected chi connectivity index (χ1v) is 17.4. The van der Waals surface area contributed by atoms with E-state index >= 15 is 0 Å². The van der Waals surface area contributed by atoms with E-state index in [9.17, 15) is 14.7 Å². The normalized spacial score (nSPS) is 22.2. The van der Waals surface area contributed by atoms with Crippen LogP contribution in [0, 0.1) is 22.2 Å². The van der Waals surface area contributed by atoms with Crippen LogP contribution in [-0.4, -0.2) is 127 Å². The quantitative estimate of drug-likeness (QED) is 0.297. The van der Waals surface area contributed by atoms with Crippen molar-refractivity contribution in [2.24, 2.45) is 10.8 Å². The highest BCUT2D eigenvalue weighted by Crippen LogP contribution is 2.55. The van der Waals surface area contributed by atoms with E-state index in [1.807, 2.05) is 0 Å². The van der Waals surface area contributed by atoms with E-state index in [1.165, 1.54) is 0 Å². The van der Waals surface area contributed by atoms with Gasteiger partial charge < -0.3 is 34.4 Å². The van der Waals surface area contributed by atoms with Crippen molar-refractivity contribution in [3.8, 4) is 11.8 Å². The van der Waals surface area contributed by atoms with Crippen LogP contribution < -0.4 is 15.0 Å². The monoisotopic (exact) mass is 697 g/mol. The summed E-state index contributed by atoms with van der Waals surface area (Å²) in [6.07, 6.45) is 3.90. The Hall–Kier alpha value is -3.54. The molecule has 1 aromatic heterocycles. The molecular weight excluding hydrogens is 650 g/mol. The van der Waals surface area contributed by atoms with Gasteiger partial charge in [-0.15, -0.1) is 0 Å². The van der Waals surface area contributed by atoms with Gasteiger partial charge in [0.25, 0.3) is 5.91 Å². The number of nitriles is 1. The zero-order valence-electron chi connectivity index (χ0n) is 28.9. The lowest BCUT2D eigenvalue weighted by molar-refractivity contribution is -0.164. The van der Waals surface area contributed by atoms with E-state index in [2.05, 4.69) is 58.8 Å². The van der Waals surface area contributed by atoms with Crippen LogP contribution in [0.4, 0.5) is 5.95 Å². The van der Waals surface area contributed by atoms with Gasteiger partial charge in [0, 0.05) is 81.1 Å². The largest absolute Gasteiger partial charge is 0.489 e. The Balaban J connectivity index is 0.993. The number of carbonyl (C=O) groups is 2. The third-order valence-electron chi connectivity index (χ3n) is 9.95. The molecule has 3 fully saturated rings. The third kappa shape index (κ3) is 8.80. The minimum absolute atomic E-state index is 0.0400. The molecule has 1 saturated carbocycles. The van der Waals surface area contributed by atoms with Crippen LogP contribution in [0.25, 0.3) is 0 Å². The van der Waals surface area contributed by atoms with Crippen molar-refractivity contribution in [1.82, 2.24) is 25.1 Å². The maximum absolute atomic E-state index is 13.3. The van der Waals surface area contributed by atoms with Crippen LogP contribution in [0.1, 0.15) is 56.5 Å². The molecule has 13 nitrogen and oxygen atoms in total. The lowest BCUT2D eigenvalue weighted by atomic mass is 9.49. The number of carbonyl (C=O) groups excluding carboxylic acids is 2. The second kappa shape index (κ2) is 16.0. The van der Waals surface area contributed by atoms with E-state index in [1.54, 1.807) is 35.5 Å². The van der Waals surface area contributed by atoms with Crippen LogP contribution in [0.5, 0.6) is 5.75 Å². The Morgan fingerprint density at radius 3 is 2.29 bits per heavy atom. The van der Waals surface area contributed by atoms with Gasteiger partial charge in [0.1, 0.15) is 24.5 Å². The van der Waals surface area contributed by atoms with Gasteiger partial charge in [-0.2, -0.15) is 5.26 Å². The van der Waals surface area contributed by atoms with Crippen molar-refractivity contribution >= 4 is 29.4 Å². The Morgan fingerprint density at radius 1 is 1.00 bits per heavy atom. The lowest BCUT2D eigenvalue weighted by Gasteiger charge is -2.63. The predicted molar refractivity (Wildman–Crippen MR) is 184 cm³/mol. The highest BCUT2D eigenvalue weighted by Gasteiger charge is 2.64. The number of amides is 2. The molecule has 0 unspecified atom stereocenters. The Bertz CT molecular complexity index is 1470. The van der Waals surface area contributed by atoms with Crippen LogP contribution in [0.15, 0.2) is 30.6 Å². The van der Waals surface area contributed by atoms with Crippen molar-refractivity contribution in [3.05, 3.63) is 46.7 Å². The van der Waals surface area contributed by atoms with Crippen LogP contribution in [0.3, 0.4) is 0 Å². The second-order valence-electron chi connectivity index (χ2n) is 14.2. The number of hydrogen-bond donors (Lipinski definition) is 2. The molecule has 2 aliphatic heterocycles. The summed E-state index contributed by atoms with van der Waals surface area (Å²) in [6.45, 7) is 14.8.